The third-order valence-corrected chi connectivity index (χ3v) is 3.03. The Balaban J connectivity index is 2.90. The molecule has 5 heteroatoms. The van der Waals surface area contributed by atoms with E-state index in [1.807, 2.05) is 18.2 Å². The number of carbonyl (C=O) groups is 2. The molecule has 1 aromatic carbocycles. The molecule has 86 valence electrons. The van der Waals surface area contributed by atoms with Gasteiger partial charge in [-0.15, -0.1) is 0 Å². The molecule has 16 heavy (non-hydrogen) atoms. The summed E-state index contributed by atoms with van der Waals surface area (Å²) in [7, 11) is 0. The van der Waals surface area contributed by atoms with Crippen molar-refractivity contribution in [2.24, 2.45) is 11.5 Å². The molecule has 1 atom stereocenters. The molecule has 0 heterocycles. The topological polar surface area (TPSA) is 86.2 Å². The van der Waals surface area contributed by atoms with E-state index >= 15 is 0 Å². The normalized spacial score (nSPS) is 12.1. The van der Waals surface area contributed by atoms with Crippen LogP contribution in [-0.4, -0.2) is 11.8 Å². The fourth-order valence-electron chi connectivity index (χ4n) is 1.50. The first-order chi connectivity index (χ1) is 7.52. The Hall–Kier alpha value is -1.36. The number of rotatable bonds is 5. The Labute approximate surface area is 102 Å². The summed E-state index contributed by atoms with van der Waals surface area (Å²) in [6.45, 7) is 0. The first-order valence-corrected chi connectivity index (χ1v) is 5.63. The van der Waals surface area contributed by atoms with Gasteiger partial charge < -0.3 is 11.5 Å². The molecule has 1 unspecified atom stereocenters. The Bertz CT molecular complexity index is 407. The molecule has 2 amide bonds. The number of carbonyl (C=O) groups excluding carboxylic acids is 2. The zero-order chi connectivity index (χ0) is 12.1. The maximum Gasteiger partial charge on any atom is 0.225 e. The van der Waals surface area contributed by atoms with Gasteiger partial charge in [0, 0.05) is 10.9 Å². The summed E-state index contributed by atoms with van der Waals surface area (Å²) in [5.41, 5.74) is 11.2. The van der Waals surface area contributed by atoms with Crippen LogP contribution in [0.1, 0.15) is 24.3 Å². The van der Waals surface area contributed by atoms with Crippen molar-refractivity contribution in [3.05, 3.63) is 34.3 Å². The number of nitrogens with two attached hydrogens (primary N) is 2. The van der Waals surface area contributed by atoms with Crippen LogP contribution < -0.4 is 11.5 Å². The van der Waals surface area contributed by atoms with Crippen LogP contribution in [0.5, 0.6) is 0 Å². The molecule has 0 spiro atoms. The van der Waals surface area contributed by atoms with Crippen LogP contribution in [0, 0.1) is 0 Å². The fraction of sp³-hybridized carbons (Fsp3) is 0.273. The van der Waals surface area contributed by atoms with E-state index in [1.54, 1.807) is 6.07 Å². The number of benzene rings is 1. The lowest BCUT2D eigenvalue weighted by Crippen LogP contribution is -2.23. The van der Waals surface area contributed by atoms with Crippen LogP contribution in [-0.2, 0) is 9.59 Å². The van der Waals surface area contributed by atoms with Crippen molar-refractivity contribution in [2.75, 3.05) is 0 Å². The number of amides is 2. The monoisotopic (exact) mass is 284 g/mol. The van der Waals surface area contributed by atoms with E-state index < -0.39 is 17.7 Å². The Morgan fingerprint density at radius 2 is 1.88 bits per heavy atom. The molecular formula is C11H13BrN2O2. The van der Waals surface area contributed by atoms with Crippen molar-refractivity contribution in [1.82, 2.24) is 0 Å². The minimum atomic E-state index is -0.483. The van der Waals surface area contributed by atoms with Crippen LogP contribution >= 0.6 is 15.9 Å². The Morgan fingerprint density at radius 1 is 1.25 bits per heavy atom. The van der Waals surface area contributed by atoms with E-state index in [1.165, 1.54) is 0 Å². The van der Waals surface area contributed by atoms with Gasteiger partial charge in [0.2, 0.25) is 11.8 Å². The second kappa shape index (κ2) is 5.65. The fourth-order valence-corrected chi connectivity index (χ4v) is 2.06. The summed E-state index contributed by atoms with van der Waals surface area (Å²) in [5.74, 6) is -1.37. The summed E-state index contributed by atoms with van der Waals surface area (Å²) in [5, 5.41) is 0. The van der Waals surface area contributed by atoms with Crippen molar-refractivity contribution in [3.63, 3.8) is 0 Å². The van der Waals surface area contributed by atoms with E-state index in [-0.39, 0.29) is 6.42 Å². The molecule has 0 saturated carbocycles. The lowest BCUT2D eigenvalue weighted by Gasteiger charge is -2.14. The molecule has 1 rings (SSSR count). The van der Waals surface area contributed by atoms with Gasteiger partial charge in [-0.25, -0.2) is 0 Å². The molecule has 0 fully saturated rings. The summed E-state index contributed by atoms with van der Waals surface area (Å²) in [6, 6.07) is 7.30. The second-order valence-corrected chi connectivity index (χ2v) is 4.34. The number of hydrogen-bond donors (Lipinski definition) is 2. The highest BCUT2D eigenvalue weighted by Gasteiger charge is 2.20. The van der Waals surface area contributed by atoms with Crippen LogP contribution in [0.15, 0.2) is 28.7 Å². The average molecular weight is 285 g/mol. The van der Waals surface area contributed by atoms with Gasteiger partial charge in [-0.05, 0) is 18.1 Å². The van der Waals surface area contributed by atoms with Gasteiger partial charge in [0.05, 0.1) is 5.92 Å². The average Bonchev–Trinajstić information content (AvgIpc) is 2.20. The highest BCUT2D eigenvalue weighted by atomic mass is 79.9. The predicted molar refractivity (Wildman–Crippen MR) is 64.5 cm³/mol. The number of primary amides is 2. The molecule has 0 radical (unpaired) electrons. The summed E-state index contributed by atoms with van der Waals surface area (Å²) in [4.78, 5) is 22.0. The molecule has 4 nitrogen and oxygen atoms in total. The molecular weight excluding hydrogens is 272 g/mol. The molecule has 0 bridgehead atoms. The lowest BCUT2D eigenvalue weighted by atomic mass is 9.93. The third-order valence-electron chi connectivity index (χ3n) is 2.30. The molecule has 4 N–H and O–H groups in total. The van der Waals surface area contributed by atoms with Crippen molar-refractivity contribution in [1.29, 1.82) is 0 Å². The lowest BCUT2D eigenvalue weighted by molar-refractivity contribution is -0.120. The third kappa shape index (κ3) is 3.34. The second-order valence-electron chi connectivity index (χ2n) is 3.48. The van der Waals surface area contributed by atoms with E-state index in [4.69, 9.17) is 11.5 Å². The highest BCUT2D eigenvalue weighted by molar-refractivity contribution is 9.10. The molecule has 0 aliphatic rings. The van der Waals surface area contributed by atoms with Gasteiger partial charge in [-0.2, -0.15) is 0 Å². The van der Waals surface area contributed by atoms with Gasteiger partial charge in [-0.1, -0.05) is 34.1 Å². The quantitative estimate of drug-likeness (QED) is 0.853. The minimum absolute atomic E-state index is 0.148. The van der Waals surface area contributed by atoms with Gasteiger partial charge in [0.15, 0.2) is 0 Å². The van der Waals surface area contributed by atoms with Crippen molar-refractivity contribution >= 4 is 27.7 Å². The Kier molecular flexibility index (Phi) is 4.49. The van der Waals surface area contributed by atoms with Crippen molar-refractivity contribution < 1.29 is 9.59 Å². The van der Waals surface area contributed by atoms with Gasteiger partial charge >= 0.3 is 0 Å². The van der Waals surface area contributed by atoms with Gasteiger partial charge in [0.25, 0.3) is 0 Å². The van der Waals surface area contributed by atoms with Crippen LogP contribution in [0.3, 0.4) is 0 Å². The highest BCUT2D eigenvalue weighted by Crippen LogP contribution is 2.27. The van der Waals surface area contributed by atoms with Crippen LogP contribution in [0.2, 0.25) is 0 Å². The zero-order valence-corrected chi connectivity index (χ0v) is 10.2. The van der Waals surface area contributed by atoms with E-state index in [9.17, 15) is 9.59 Å². The van der Waals surface area contributed by atoms with E-state index in [0.717, 1.165) is 10.0 Å². The minimum Gasteiger partial charge on any atom is -0.370 e. The largest absolute Gasteiger partial charge is 0.370 e. The summed E-state index contributed by atoms with van der Waals surface area (Å²) < 4.78 is 0.809. The van der Waals surface area contributed by atoms with E-state index in [0.29, 0.717) is 6.42 Å². The van der Waals surface area contributed by atoms with Crippen molar-refractivity contribution in [2.45, 2.75) is 18.8 Å². The SMILES string of the molecule is NC(=O)CCC(C(N)=O)c1ccccc1Br. The zero-order valence-electron chi connectivity index (χ0n) is 8.65. The maximum atomic E-state index is 11.3. The van der Waals surface area contributed by atoms with Gasteiger partial charge in [0.1, 0.15) is 0 Å². The Morgan fingerprint density at radius 3 is 2.38 bits per heavy atom. The molecule has 0 saturated heterocycles. The first kappa shape index (κ1) is 12.7. The summed E-state index contributed by atoms with van der Waals surface area (Å²) in [6.07, 6.45) is 0.488. The van der Waals surface area contributed by atoms with E-state index in [2.05, 4.69) is 15.9 Å². The maximum absolute atomic E-state index is 11.3. The van der Waals surface area contributed by atoms with Crippen LogP contribution in [0.25, 0.3) is 0 Å². The number of hydrogen-bond acceptors (Lipinski definition) is 2. The molecule has 0 aromatic heterocycles. The van der Waals surface area contributed by atoms with Gasteiger partial charge in [-0.3, -0.25) is 9.59 Å². The summed E-state index contributed by atoms with van der Waals surface area (Å²) >= 11 is 3.35. The predicted octanol–water partition coefficient (Wildman–Crippen LogP) is 1.28. The first-order valence-electron chi connectivity index (χ1n) is 4.84. The van der Waals surface area contributed by atoms with Crippen molar-refractivity contribution in [3.8, 4) is 0 Å². The standard InChI is InChI=1S/C11H13BrN2O2/c12-9-4-2-1-3-7(9)8(11(14)16)5-6-10(13)15/h1-4,8H,5-6H2,(H2,13,15)(H2,14,16). The molecule has 0 aliphatic heterocycles. The van der Waals surface area contributed by atoms with Crippen LogP contribution in [0.4, 0.5) is 0 Å². The smallest absolute Gasteiger partial charge is 0.225 e. The molecule has 1 aromatic rings. The molecule has 0 aliphatic carbocycles. The number of halogens is 1.